The zero-order chi connectivity index (χ0) is 19.3. The molecule has 0 heterocycles. The van der Waals surface area contributed by atoms with Gasteiger partial charge in [0.1, 0.15) is 5.56 Å². The maximum atomic E-state index is 12.4. The summed E-state index contributed by atoms with van der Waals surface area (Å²) in [6.45, 7) is 3.40. The van der Waals surface area contributed by atoms with Gasteiger partial charge in [0.2, 0.25) is 0 Å². The smallest absolute Gasteiger partial charge is 0.308 e. The van der Waals surface area contributed by atoms with Crippen LogP contribution in [0.3, 0.4) is 0 Å². The minimum absolute atomic E-state index is 0.0443. The van der Waals surface area contributed by atoms with Crippen molar-refractivity contribution in [1.82, 2.24) is 5.32 Å². The summed E-state index contributed by atoms with van der Waals surface area (Å²) in [5.41, 5.74) is 1.99. The van der Waals surface area contributed by atoms with Crippen molar-refractivity contribution >= 4 is 17.6 Å². The Hall–Kier alpha value is -3.22. The van der Waals surface area contributed by atoms with E-state index in [0.29, 0.717) is 5.56 Å². The molecule has 0 bridgehead atoms. The summed E-state index contributed by atoms with van der Waals surface area (Å²) in [7, 11) is 0. The average molecular weight is 356 g/mol. The van der Waals surface area contributed by atoms with Gasteiger partial charge < -0.3 is 10.4 Å². The number of benzene rings is 2. The van der Waals surface area contributed by atoms with Crippen molar-refractivity contribution in [2.24, 2.45) is 5.92 Å². The van der Waals surface area contributed by atoms with Crippen molar-refractivity contribution in [3.63, 3.8) is 0 Å². The molecule has 7 heteroatoms. The molecule has 0 saturated carbocycles. The Morgan fingerprint density at radius 1 is 1.19 bits per heavy atom. The minimum Gasteiger partial charge on any atom is -0.481 e. The van der Waals surface area contributed by atoms with E-state index in [-0.39, 0.29) is 24.2 Å². The molecule has 2 rings (SSSR count). The number of hydrogen-bond acceptors (Lipinski definition) is 4. The van der Waals surface area contributed by atoms with Gasteiger partial charge in [-0.15, -0.1) is 0 Å². The lowest BCUT2D eigenvalue weighted by molar-refractivity contribution is -0.385. The molecular weight excluding hydrogens is 336 g/mol. The molecule has 0 aliphatic rings. The number of nitrogens with one attached hydrogen (secondary N) is 1. The predicted molar refractivity (Wildman–Crippen MR) is 96.2 cm³/mol. The van der Waals surface area contributed by atoms with E-state index in [1.807, 2.05) is 31.2 Å². The fraction of sp³-hybridized carbons (Fsp3) is 0.263. The van der Waals surface area contributed by atoms with Crippen LogP contribution < -0.4 is 5.32 Å². The Labute approximate surface area is 150 Å². The van der Waals surface area contributed by atoms with E-state index >= 15 is 0 Å². The summed E-state index contributed by atoms with van der Waals surface area (Å²) >= 11 is 0. The highest BCUT2D eigenvalue weighted by molar-refractivity contribution is 5.99. The van der Waals surface area contributed by atoms with Gasteiger partial charge in [-0.1, -0.05) is 42.0 Å². The van der Waals surface area contributed by atoms with Crippen LogP contribution in [-0.2, 0) is 11.2 Å². The third kappa shape index (κ3) is 4.66. The molecule has 7 nitrogen and oxygen atoms in total. The predicted octanol–water partition coefficient (Wildman–Crippen LogP) is 2.88. The van der Waals surface area contributed by atoms with Crippen LogP contribution >= 0.6 is 0 Å². The van der Waals surface area contributed by atoms with Gasteiger partial charge in [0.15, 0.2) is 0 Å². The molecule has 0 aromatic heterocycles. The van der Waals surface area contributed by atoms with Gasteiger partial charge >= 0.3 is 5.97 Å². The van der Waals surface area contributed by atoms with Crippen molar-refractivity contribution in [3.8, 4) is 0 Å². The molecular formula is C19H20N2O5. The SMILES string of the molecule is Cc1cccc(CC(CNC(=O)c2c(C)cccc2[N+](=O)[O-])C(=O)O)c1. The molecule has 2 N–H and O–H groups in total. The summed E-state index contributed by atoms with van der Waals surface area (Å²) in [4.78, 5) is 34.4. The Bertz CT molecular complexity index is 848. The van der Waals surface area contributed by atoms with Crippen LogP contribution in [0.15, 0.2) is 42.5 Å². The molecule has 1 amide bonds. The molecule has 2 aromatic carbocycles. The highest BCUT2D eigenvalue weighted by Crippen LogP contribution is 2.21. The van der Waals surface area contributed by atoms with Crippen LogP contribution in [0, 0.1) is 29.9 Å². The van der Waals surface area contributed by atoms with Crippen molar-refractivity contribution in [2.75, 3.05) is 6.54 Å². The number of carboxylic acid groups (broad SMARTS) is 1. The van der Waals surface area contributed by atoms with Gasteiger partial charge in [0.25, 0.3) is 11.6 Å². The zero-order valence-electron chi connectivity index (χ0n) is 14.6. The van der Waals surface area contributed by atoms with Crippen LogP contribution in [0.4, 0.5) is 5.69 Å². The molecule has 1 unspecified atom stereocenters. The van der Waals surface area contributed by atoms with E-state index in [0.717, 1.165) is 11.1 Å². The third-order valence-corrected chi connectivity index (χ3v) is 4.10. The number of amides is 1. The molecule has 0 saturated heterocycles. The van der Waals surface area contributed by atoms with E-state index in [9.17, 15) is 24.8 Å². The fourth-order valence-corrected chi connectivity index (χ4v) is 2.77. The van der Waals surface area contributed by atoms with Crippen molar-refractivity contribution < 1.29 is 19.6 Å². The van der Waals surface area contributed by atoms with Gasteiger partial charge in [-0.3, -0.25) is 19.7 Å². The standard InChI is InChI=1S/C19H20N2O5/c1-12-5-3-7-14(9-12)10-15(19(23)24)11-20-18(22)17-13(2)6-4-8-16(17)21(25)26/h3-9,15H,10-11H2,1-2H3,(H,20,22)(H,23,24). The number of rotatable bonds is 7. The lowest BCUT2D eigenvalue weighted by atomic mass is 9.98. The number of aliphatic carboxylic acids is 1. The number of nitro benzene ring substituents is 1. The molecule has 0 fully saturated rings. The molecule has 2 aromatic rings. The number of nitrogens with zero attached hydrogens (tertiary/aromatic N) is 1. The molecule has 0 radical (unpaired) electrons. The van der Waals surface area contributed by atoms with Crippen molar-refractivity contribution in [1.29, 1.82) is 0 Å². The Kier molecular flexibility index (Phi) is 6.06. The fourth-order valence-electron chi connectivity index (χ4n) is 2.77. The maximum Gasteiger partial charge on any atom is 0.308 e. The largest absolute Gasteiger partial charge is 0.481 e. The molecule has 0 spiro atoms. The van der Waals surface area contributed by atoms with E-state index in [1.54, 1.807) is 13.0 Å². The first-order valence-corrected chi connectivity index (χ1v) is 8.10. The van der Waals surface area contributed by atoms with Crippen molar-refractivity contribution in [3.05, 3.63) is 74.8 Å². The summed E-state index contributed by atoms with van der Waals surface area (Å²) in [5, 5.41) is 23.1. The van der Waals surface area contributed by atoms with Crippen LogP contribution in [0.1, 0.15) is 27.0 Å². The van der Waals surface area contributed by atoms with E-state index in [4.69, 9.17) is 0 Å². The van der Waals surface area contributed by atoms with Crippen LogP contribution in [0.5, 0.6) is 0 Å². The second-order valence-electron chi connectivity index (χ2n) is 6.16. The van der Waals surface area contributed by atoms with E-state index in [2.05, 4.69) is 5.32 Å². The summed E-state index contributed by atoms with van der Waals surface area (Å²) in [5.74, 6) is -2.51. The molecule has 26 heavy (non-hydrogen) atoms. The molecule has 136 valence electrons. The number of aryl methyl sites for hydroxylation is 2. The minimum atomic E-state index is -1.04. The average Bonchev–Trinajstić information content (AvgIpc) is 2.57. The number of nitro groups is 1. The molecule has 1 atom stereocenters. The van der Waals surface area contributed by atoms with Gasteiger partial charge in [-0.2, -0.15) is 0 Å². The van der Waals surface area contributed by atoms with E-state index < -0.39 is 22.7 Å². The Morgan fingerprint density at radius 2 is 1.88 bits per heavy atom. The second kappa shape index (κ2) is 8.24. The lowest BCUT2D eigenvalue weighted by Crippen LogP contribution is -2.34. The highest BCUT2D eigenvalue weighted by atomic mass is 16.6. The topological polar surface area (TPSA) is 110 Å². The zero-order valence-corrected chi connectivity index (χ0v) is 14.6. The first-order chi connectivity index (χ1) is 12.3. The molecule has 0 aliphatic heterocycles. The Morgan fingerprint density at radius 3 is 2.50 bits per heavy atom. The first kappa shape index (κ1) is 19.1. The van der Waals surface area contributed by atoms with Crippen LogP contribution in [0.25, 0.3) is 0 Å². The number of carbonyl (C=O) groups is 2. The Balaban J connectivity index is 2.13. The summed E-state index contributed by atoms with van der Waals surface area (Å²) in [6.07, 6.45) is 0.257. The highest BCUT2D eigenvalue weighted by Gasteiger charge is 2.24. The van der Waals surface area contributed by atoms with Crippen molar-refractivity contribution in [2.45, 2.75) is 20.3 Å². The monoisotopic (exact) mass is 356 g/mol. The number of hydrogen-bond donors (Lipinski definition) is 2. The quantitative estimate of drug-likeness (QED) is 0.585. The third-order valence-electron chi connectivity index (χ3n) is 4.10. The van der Waals surface area contributed by atoms with Gasteiger partial charge in [0.05, 0.1) is 10.8 Å². The van der Waals surface area contributed by atoms with Crippen LogP contribution in [0.2, 0.25) is 0 Å². The lowest BCUT2D eigenvalue weighted by Gasteiger charge is -2.14. The normalized spacial score (nSPS) is 11.6. The van der Waals surface area contributed by atoms with E-state index in [1.165, 1.54) is 12.1 Å². The molecule has 0 aliphatic carbocycles. The van der Waals surface area contributed by atoms with Gasteiger partial charge in [0, 0.05) is 12.6 Å². The van der Waals surface area contributed by atoms with Crippen LogP contribution in [-0.4, -0.2) is 28.5 Å². The summed E-state index contributed by atoms with van der Waals surface area (Å²) < 4.78 is 0. The second-order valence-corrected chi connectivity index (χ2v) is 6.16. The maximum absolute atomic E-state index is 12.4. The summed E-state index contributed by atoms with van der Waals surface area (Å²) in [6, 6.07) is 11.8. The van der Waals surface area contributed by atoms with Gasteiger partial charge in [-0.05, 0) is 31.4 Å². The number of carboxylic acids is 1. The number of carbonyl (C=O) groups excluding carboxylic acids is 1. The van der Waals surface area contributed by atoms with Gasteiger partial charge in [-0.25, -0.2) is 0 Å². The first-order valence-electron chi connectivity index (χ1n) is 8.10.